The van der Waals surface area contributed by atoms with Crippen LogP contribution in [0.25, 0.3) is 5.83 Å². The fraction of sp³-hybridized carbons (Fsp3) is 0.0476. The number of rotatable bonds is 5. The molecule has 3 aromatic rings. The van der Waals surface area contributed by atoms with Crippen molar-refractivity contribution in [3.05, 3.63) is 100 Å². The molecule has 1 aliphatic carbocycles. The first-order valence-electron chi connectivity index (χ1n) is 9.04. The molecular formula is C21H8BF9O2. The molecule has 1 unspecified atom stereocenters. The number of halogens is 9. The zero-order valence-corrected chi connectivity index (χ0v) is 15.9. The first kappa shape index (κ1) is 22.8. The summed E-state index contributed by atoms with van der Waals surface area (Å²) < 4.78 is 135. The molecule has 1 atom stereocenters. The van der Waals surface area contributed by atoms with Gasteiger partial charge in [0, 0.05) is 11.5 Å². The molecule has 0 N–H and O–H groups in total. The predicted molar refractivity (Wildman–Crippen MR) is 98.0 cm³/mol. The Labute approximate surface area is 180 Å². The third-order valence-corrected chi connectivity index (χ3v) is 4.78. The largest absolute Gasteiger partial charge is 0.566 e. The highest BCUT2D eigenvalue weighted by Crippen LogP contribution is 2.46. The van der Waals surface area contributed by atoms with E-state index in [0.717, 1.165) is 18.2 Å². The van der Waals surface area contributed by atoms with Crippen molar-refractivity contribution in [1.82, 2.24) is 0 Å². The maximum Gasteiger partial charge on any atom is 0.566 e. The third-order valence-electron chi connectivity index (χ3n) is 4.78. The van der Waals surface area contributed by atoms with Crippen molar-refractivity contribution in [2.24, 2.45) is 0 Å². The zero-order valence-electron chi connectivity index (χ0n) is 15.9. The van der Waals surface area contributed by atoms with Gasteiger partial charge in [-0.1, -0.05) is 12.1 Å². The number of fused-ring (bicyclic) bond motifs is 1. The van der Waals surface area contributed by atoms with E-state index < -0.39 is 87.9 Å². The second kappa shape index (κ2) is 8.51. The van der Waals surface area contributed by atoms with Gasteiger partial charge in [-0.2, -0.15) is 4.39 Å². The minimum Gasteiger partial charge on any atom is -0.530 e. The third kappa shape index (κ3) is 3.95. The summed E-state index contributed by atoms with van der Waals surface area (Å²) in [6, 6.07) is 4.27. The van der Waals surface area contributed by atoms with Crippen molar-refractivity contribution in [2.75, 3.05) is 0 Å². The topological polar surface area (TPSA) is 18.5 Å². The van der Waals surface area contributed by atoms with Crippen LogP contribution in [0.3, 0.4) is 0 Å². The average Bonchev–Trinajstić information content (AvgIpc) is 3.01. The number of hydrogen-bond acceptors (Lipinski definition) is 2. The van der Waals surface area contributed by atoms with Gasteiger partial charge in [0.2, 0.25) is 5.82 Å². The van der Waals surface area contributed by atoms with E-state index in [1.54, 1.807) is 0 Å². The summed E-state index contributed by atoms with van der Waals surface area (Å²) in [5.41, 5.74) is -2.31. The summed E-state index contributed by atoms with van der Waals surface area (Å²) in [7, 11) is -2.20. The van der Waals surface area contributed by atoms with Gasteiger partial charge >= 0.3 is 7.12 Å². The van der Waals surface area contributed by atoms with Gasteiger partial charge in [-0.05, 0) is 29.8 Å². The molecule has 0 saturated heterocycles. The van der Waals surface area contributed by atoms with E-state index in [1.807, 2.05) is 0 Å². The van der Waals surface area contributed by atoms with Crippen LogP contribution < -0.4 is 10.1 Å². The lowest BCUT2D eigenvalue weighted by Gasteiger charge is -2.21. The molecule has 1 aliphatic rings. The molecule has 33 heavy (non-hydrogen) atoms. The highest BCUT2D eigenvalue weighted by Gasteiger charge is 2.42. The fourth-order valence-corrected chi connectivity index (χ4v) is 3.21. The van der Waals surface area contributed by atoms with Crippen LogP contribution in [0.15, 0.2) is 48.3 Å². The van der Waals surface area contributed by atoms with Crippen LogP contribution in [0.5, 0.6) is 5.75 Å². The van der Waals surface area contributed by atoms with Gasteiger partial charge in [-0.3, -0.25) is 0 Å². The highest BCUT2D eigenvalue weighted by atomic mass is 19.2. The van der Waals surface area contributed by atoms with Crippen molar-refractivity contribution in [3.8, 4) is 5.75 Å². The van der Waals surface area contributed by atoms with E-state index in [1.165, 1.54) is 0 Å². The van der Waals surface area contributed by atoms with Gasteiger partial charge in [-0.25, -0.2) is 35.1 Å². The molecule has 4 rings (SSSR count). The Morgan fingerprint density at radius 2 is 1.33 bits per heavy atom. The van der Waals surface area contributed by atoms with Crippen molar-refractivity contribution in [3.63, 3.8) is 0 Å². The Balaban J connectivity index is 1.79. The van der Waals surface area contributed by atoms with Crippen LogP contribution in [-0.2, 0) is 4.65 Å². The minimum atomic E-state index is -2.20. The lowest BCUT2D eigenvalue weighted by molar-refractivity contribution is 0.187. The summed E-state index contributed by atoms with van der Waals surface area (Å²) in [5, 5.41) is 0. The molecular weight excluding hydrogens is 466 g/mol. The fourth-order valence-electron chi connectivity index (χ4n) is 3.21. The van der Waals surface area contributed by atoms with Crippen molar-refractivity contribution >= 4 is 18.4 Å². The Hall–Kier alpha value is -3.41. The quantitative estimate of drug-likeness (QED) is 0.264. The zero-order chi connectivity index (χ0) is 24.0. The maximum atomic E-state index is 14.6. The second-order valence-corrected chi connectivity index (χ2v) is 6.79. The number of benzene rings is 3. The van der Waals surface area contributed by atoms with E-state index in [9.17, 15) is 39.5 Å². The molecule has 0 saturated carbocycles. The van der Waals surface area contributed by atoms with Crippen LogP contribution in [0, 0.1) is 40.7 Å². The van der Waals surface area contributed by atoms with Crippen LogP contribution in [0.2, 0.25) is 0 Å². The SMILES string of the molecule is FC1=C(F)C(OB(Oc2ccc(F)c(F)c2F)c2ccc(F)cc2F)c2ccc(F)c(F)c21. The molecule has 170 valence electrons. The van der Waals surface area contributed by atoms with E-state index in [0.29, 0.717) is 24.3 Å². The summed E-state index contributed by atoms with van der Waals surface area (Å²) in [4.78, 5) is 0. The Bertz CT molecular complexity index is 1300. The first-order chi connectivity index (χ1) is 15.6. The van der Waals surface area contributed by atoms with E-state index in [4.69, 9.17) is 9.31 Å². The molecule has 0 spiro atoms. The van der Waals surface area contributed by atoms with Gasteiger partial charge in [0.1, 0.15) is 23.5 Å². The van der Waals surface area contributed by atoms with Crippen molar-refractivity contribution in [2.45, 2.75) is 6.10 Å². The van der Waals surface area contributed by atoms with E-state index in [-0.39, 0.29) is 0 Å². The molecule has 2 nitrogen and oxygen atoms in total. The molecule has 0 aromatic heterocycles. The summed E-state index contributed by atoms with van der Waals surface area (Å²) in [6.07, 6.45) is -2.13. The first-order valence-corrected chi connectivity index (χ1v) is 9.04. The van der Waals surface area contributed by atoms with Gasteiger partial charge < -0.3 is 9.31 Å². The van der Waals surface area contributed by atoms with Gasteiger partial charge in [-0.15, -0.1) is 0 Å². The maximum absolute atomic E-state index is 14.6. The lowest BCUT2D eigenvalue weighted by atomic mass is 9.77. The molecule has 3 aromatic carbocycles. The molecule has 0 bridgehead atoms. The van der Waals surface area contributed by atoms with Gasteiger partial charge in [0.25, 0.3) is 0 Å². The summed E-state index contributed by atoms with van der Waals surface area (Å²) >= 11 is 0. The monoisotopic (exact) mass is 474 g/mol. The van der Waals surface area contributed by atoms with Crippen LogP contribution in [0.1, 0.15) is 17.2 Å². The Morgan fingerprint density at radius 3 is 2.03 bits per heavy atom. The van der Waals surface area contributed by atoms with Crippen molar-refractivity contribution < 1.29 is 48.8 Å². The molecule has 0 amide bonds. The van der Waals surface area contributed by atoms with Crippen LogP contribution >= 0.6 is 0 Å². The molecule has 0 fully saturated rings. The smallest absolute Gasteiger partial charge is 0.530 e. The molecule has 0 aliphatic heterocycles. The van der Waals surface area contributed by atoms with E-state index in [2.05, 4.69) is 0 Å². The predicted octanol–water partition coefficient (Wildman–Crippen LogP) is 5.81. The Morgan fingerprint density at radius 1 is 0.667 bits per heavy atom. The second-order valence-electron chi connectivity index (χ2n) is 6.79. The molecule has 12 heteroatoms. The highest BCUT2D eigenvalue weighted by molar-refractivity contribution is 6.62. The Kier molecular flexibility index (Phi) is 5.87. The minimum absolute atomic E-state index is 0.362. The van der Waals surface area contributed by atoms with Crippen LogP contribution in [0.4, 0.5) is 39.5 Å². The molecule has 0 heterocycles. The van der Waals surface area contributed by atoms with E-state index >= 15 is 0 Å². The van der Waals surface area contributed by atoms with Crippen LogP contribution in [-0.4, -0.2) is 7.12 Å². The standard InChI is InChI=1S/C21H8BF9O2/c23-8-1-3-10(13(26)7-8)22(32-14-6-5-12(25)17(28)18(14)29)33-21-9-2-4-11(24)16(27)15(9)19(30)20(21)31/h1-7,21H. The summed E-state index contributed by atoms with van der Waals surface area (Å²) in [5.74, 6) is -15.5. The lowest BCUT2D eigenvalue weighted by Crippen LogP contribution is -2.43. The molecule has 0 radical (unpaired) electrons. The van der Waals surface area contributed by atoms with Gasteiger partial charge in [0.15, 0.2) is 34.9 Å². The van der Waals surface area contributed by atoms with Gasteiger partial charge in [0.05, 0.1) is 5.56 Å². The average molecular weight is 474 g/mol. The summed E-state index contributed by atoms with van der Waals surface area (Å²) in [6.45, 7) is 0. The normalized spacial score (nSPS) is 15.1. The number of hydrogen-bond donors (Lipinski definition) is 0. The van der Waals surface area contributed by atoms with Crippen molar-refractivity contribution in [1.29, 1.82) is 0 Å².